The van der Waals surface area contributed by atoms with Crippen molar-refractivity contribution in [3.63, 3.8) is 0 Å². The van der Waals surface area contributed by atoms with Crippen LogP contribution in [0.5, 0.6) is 5.75 Å². The lowest BCUT2D eigenvalue weighted by Gasteiger charge is -2.28. The van der Waals surface area contributed by atoms with Gasteiger partial charge in [-0.15, -0.1) is 0 Å². The summed E-state index contributed by atoms with van der Waals surface area (Å²) in [6.07, 6.45) is 2.30. The molecule has 0 radical (unpaired) electrons. The molecule has 2 heterocycles. The van der Waals surface area contributed by atoms with E-state index in [1.165, 1.54) is 6.33 Å². The Labute approximate surface area is 153 Å². The molecule has 1 aliphatic heterocycles. The Kier molecular flexibility index (Phi) is 5.25. The van der Waals surface area contributed by atoms with Gasteiger partial charge in [0, 0.05) is 5.70 Å². The Hall–Kier alpha value is -2.83. The molecule has 1 unspecified atom stereocenters. The van der Waals surface area contributed by atoms with Crippen LogP contribution in [0.15, 0.2) is 41.9 Å². The molecule has 0 bridgehead atoms. The number of nitrogens with zero attached hydrogens (tertiary/aromatic N) is 3. The number of fused-ring (bicyclic) bond motifs is 1. The normalized spacial score (nSPS) is 16.3. The third-order valence-corrected chi connectivity index (χ3v) is 4.00. The maximum absolute atomic E-state index is 12.7. The van der Waals surface area contributed by atoms with E-state index in [1.54, 1.807) is 4.68 Å². The average molecular weight is 356 g/mol. The van der Waals surface area contributed by atoms with Crippen molar-refractivity contribution in [1.82, 2.24) is 14.8 Å². The number of benzene rings is 1. The van der Waals surface area contributed by atoms with E-state index >= 15 is 0 Å². The maximum atomic E-state index is 12.7. The lowest BCUT2D eigenvalue weighted by molar-refractivity contribution is -0.139. The van der Waals surface area contributed by atoms with Crippen molar-refractivity contribution in [2.45, 2.75) is 46.3 Å². The largest absolute Gasteiger partial charge is 0.491 e. The summed E-state index contributed by atoms with van der Waals surface area (Å²) in [5, 5.41) is 7.44. The number of hydrogen-bond donors (Lipinski definition) is 1. The van der Waals surface area contributed by atoms with Crippen molar-refractivity contribution in [2.24, 2.45) is 0 Å². The molecule has 2 aromatic rings. The Bertz CT molecular complexity index is 826. The van der Waals surface area contributed by atoms with Crippen LogP contribution in [0, 0.1) is 0 Å². The Morgan fingerprint density at radius 3 is 2.92 bits per heavy atom. The van der Waals surface area contributed by atoms with E-state index in [-0.39, 0.29) is 12.1 Å². The van der Waals surface area contributed by atoms with Gasteiger partial charge in [-0.3, -0.25) is 0 Å². The summed E-state index contributed by atoms with van der Waals surface area (Å²) in [4.78, 5) is 17.0. The van der Waals surface area contributed by atoms with E-state index < -0.39 is 6.04 Å². The number of hydrogen-bond acceptors (Lipinski definition) is 6. The topological polar surface area (TPSA) is 78.3 Å². The van der Waals surface area contributed by atoms with Crippen LogP contribution in [-0.2, 0) is 9.53 Å². The number of allylic oxidation sites excluding steroid dienone is 1. The first-order valence-corrected chi connectivity index (χ1v) is 8.82. The van der Waals surface area contributed by atoms with E-state index in [4.69, 9.17) is 9.47 Å². The van der Waals surface area contributed by atoms with Crippen molar-refractivity contribution in [3.05, 3.63) is 47.4 Å². The van der Waals surface area contributed by atoms with Gasteiger partial charge < -0.3 is 14.8 Å². The highest BCUT2D eigenvalue weighted by Gasteiger charge is 2.34. The van der Waals surface area contributed by atoms with Gasteiger partial charge in [-0.25, -0.2) is 9.48 Å². The molecule has 0 amide bonds. The van der Waals surface area contributed by atoms with E-state index in [1.807, 2.05) is 52.0 Å². The minimum atomic E-state index is -0.422. The van der Waals surface area contributed by atoms with E-state index in [9.17, 15) is 4.79 Å². The predicted octanol–water partition coefficient (Wildman–Crippen LogP) is 3.31. The molecule has 1 aromatic carbocycles. The van der Waals surface area contributed by atoms with Gasteiger partial charge >= 0.3 is 5.97 Å². The summed E-state index contributed by atoms with van der Waals surface area (Å²) < 4.78 is 12.9. The number of ether oxygens (including phenoxy) is 2. The summed E-state index contributed by atoms with van der Waals surface area (Å²) in [5.74, 6) is 0.990. The number of esters is 1. The number of anilines is 1. The number of nitrogens with one attached hydrogen (secondary N) is 1. The molecule has 0 spiro atoms. The van der Waals surface area contributed by atoms with Crippen LogP contribution in [0.4, 0.5) is 5.95 Å². The molecule has 0 saturated heterocycles. The molecule has 138 valence electrons. The lowest BCUT2D eigenvalue weighted by atomic mass is 9.95. The van der Waals surface area contributed by atoms with Gasteiger partial charge in [0.1, 0.15) is 18.1 Å². The van der Waals surface area contributed by atoms with Gasteiger partial charge in [-0.1, -0.05) is 19.1 Å². The third-order valence-electron chi connectivity index (χ3n) is 4.00. The van der Waals surface area contributed by atoms with Gasteiger partial charge in [-0.05, 0) is 44.9 Å². The summed E-state index contributed by atoms with van der Waals surface area (Å²) in [6.45, 7) is 8.15. The maximum Gasteiger partial charge on any atom is 0.338 e. The first-order valence-electron chi connectivity index (χ1n) is 8.82. The van der Waals surface area contributed by atoms with Crippen molar-refractivity contribution in [1.29, 1.82) is 0 Å². The van der Waals surface area contributed by atoms with Crippen LogP contribution in [0.25, 0.3) is 0 Å². The fraction of sp³-hybridized carbons (Fsp3) is 0.421. The van der Waals surface area contributed by atoms with E-state index in [2.05, 4.69) is 15.4 Å². The molecule has 1 aromatic heterocycles. The van der Waals surface area contributed by atoms with E-state index in [0.717, 1.165) is 17.7 Å². The third kappa shape index (κ3) is 3.56. The number of aromatic nitrogens is 3. The van der Waals surface area contributed by atoms with Crippen LogP contribution < -0.4 is 10.1 Å². The molecule has 0 aliphatic carbocycles. The van der Waals surface area contributed by atoms with Crippen molar-refractivity contribution >= 4 is 11.9 Å². The van der Waals surface area contributed by atoms with Crippen LogP contribution in [0.2, 0.25) is 0 Å². The summed E-state index contributed by atoms with van der Waals surface area (Å²) in [5.41, 5.74) is 2.13. The first-order chi connectivity index (χ1) is 12.5. The monoisotopic (exact) mass is 356 g/mol. The molecule has 26 heavy (non-hydrogen) atoms. The van der Waals surface area contributed by atoms with Crippen molar-refractivity contribution in [2.75, 3.05) is 11.9 Å². The SMILES string of the molecule is CCCOC(=O)C1=C(C)Nc2ncnn2C1c1cccc(OC(C)C)c1. The minimum Gasteiger partial charge on any atom is -0.491 e. The molecular formula is C19H24N4O3. The van der Waals surface area contributed by atoms with Crippen LogP contribution >= 0.6 is 0 Å². The second-order valence-electron chi connectivity index (χ2n) is 6.47. The second-order valence-corrected chi connectivity index (χ2v) is 6.47. The number of rotatable bonds is 6. The van der Waals surface area contributed by atoms with E-state index in [0.29, 0.717) is 23.8 Å². The minimum absolute atomic E-state index is 0.0615. The highest BCUT2D eigenvalue weighted by molar-refractivity contribution is 5.92. The Morgan fingerprint density at radius 1 is 1.38 bits per heavy atom. The van der Waals surface area contributed by atoms with Gasteiger partial charge in [0.05, 0.1) is 18.3 Å². The Balaban J connectivity index is 2.05. The molecule has 0 fully saturated rings. The summed E-state index contributed by atoms with van der Waals surface area (Å²) in [6, 6.07) is 7.28. The zero-order valence-electron chi connectivity index (χ0n) is 15.5. The number of carbonyl (C=O) groups is 1. The highest BCUT2D eigenvalue weighted by Crippen LogP contribution is 2.36. The lowest BCUT2D eigenvalue weighted by Crippen LogP contribution is -2.29. The molecule has 7 heteroatoms. The second kappa shape index (κ2) is 7.59. The average Bonchev–Trinajstić information content (AvgIpc) is 3.05. The standard InChI is InChI=1S/C19H24N4O3/c1-5-9-25-18(24)16-13(4)22-19-20-11-21-23(19)17(16)14-7-6-8-15(10-14)26-12(2)3/h6-8,10-12,17H,5,9H2,1-4H3,(H,20,21,22). The van der Waals surface area contributed by atoms with Gasteiger partial charge in [0.15, 0.2) is 0 Å². The molecule has 1 N–H and O–H groups in total. The van der Waals surface area contributed by atoms with Crippen LogP contribution in [0.3, 0.4) is 0 Å². The summed E-state index contributed by atoms with van der Waals surface area (Å²) >= 11 is 0. The van der Waals surface area contributed by atoms with Gasteiger partial charge in [0.2, 0.25) is 5.95 Å². The van der Waals surface area contributed by atoms with Gasteiger partial charge in [0.25, 0.3) is 0 Å². The summed E-state index contributed by atoms with van der Waals surface area (Å²) in [7, 11) is 0. The zero-order valence-corrected chi connectivity index (χ0v) is 15.5. The Morgan fingerprint density at radius 2 is 2.19 bits per heavy atom. The molecule has 7 nitrogen and oxygen atoms in total. The van der Waals surface area contributed by atoms with Crippen molar-refractivity contribution < 1.29 is 14.3 Å². The molecule has 1 atom stereocenters. The quantitative estimate of drug-likeness (QED) is 0.800. The fourth-order valence-electron chi connectivity index (χ4n) is 2.97. The molecule has 1 aliphatic rings. The highest BCUT2D eigenvalue weighted by atomic mass is 16.5. The number of carbonyl (C=O) groups excluding carboxylic acids is 1. The first kappa shape index (κ1) is 18.0. The smallest absolute Gasteiger partial charge is 0.338 e. The van der Waals surface area contributed by atoms with Crippen molar-refractivity contribution in [3.8, 4) is 5.75 Å². The van der Waals surface area contributed by atoms with Crippen LogP contribution in [0.1, 0.15) is 45.7 Å². The molecule has 0 saturated carbocycles. The zero-order chi connectivity index (χ0) is 18.7. The molecule has 3 rings (SSSR count). The molecular weight excluding hydrogens is 332 g/mol. The fourth-order valence-corrected chi connectivity index (χ4v) is 2.97. The van der Waals surface area contributed by atoms with Gasteiger partial charge in [-0.2, -0.15) is 10.1 Å². The predicted molar refractivity (Wildman–Crippen MR) is 97.9 cm³/mol. The van der Waals surface area contributed by atoms with Crippen LogP contribution in [-0.4, -0.2) is 33.4 Å².